The Labute approximate surface area is 94.7 Å². The van der Waals surface area contributed by atoms with Gasteiger partial charge in [0.2, 0.25) is 0 Å². The Morgan fingerprint density at radius 3 is 2.53 bits per heavy atom. The lowest BCUT2D eigenvalue weighted by Crippen LogP contribution is -2.12. The highest BCUT2D eigenvalue weighted by molar-refractivity contribution is 7.17. The summed E-state index contributed by atoms with van der Waals surface area (Å²) in [6.45, 7) is 6.63. The van der Waals surface area contributed by atoms with Crippen molar-refractivity contribution in [2.24, 2.45) is 0 Å². The standard InChI is InChI=1S/C13H16OS/c1-13(2,3)10-7-9-5-6-15-12(9)8-11(10)14-4/h5-8H,1-4H3. The van der Waals surface area contributed by atoms with Crippen molar-refractivity contribution in [1.29, 1.82) is 0 Å². The molecule has 0 amide bonds. The van der Waals surface area contributed by atoms with Gasteiger partial charge in [0, 0.05) is 10.3 Å². The average Bonchev–Trinajstić information content (AvgIpc) is 2.60. The van der Waals surface area contributed by atoms with Gasteiger partial charge in [-0.15, -0.1) is 11.3 Å². The minimum Gasteiger partial charge on any atom is -0.496 e. The fraction of sp³-hybridized carbons (Fsp3) is 0.385. The van der Waals surface area contributed by atoms with E-state index in [1.54, 1.807) is 18.4 Å². The highest BCUT2D eigenvalue weighted by atomic mass is 32.1. The van der Waals surface area contributed by atoms with E-state index in [0.29, 0.717) is 0 Å². The van der Waals surface area contributed by atoms with E-state index in [1.807, 2.05) is 0 Å². The van der Waals surface area contributed by atoms with Crippen LogP contribution >= 0.6 is 11.3 Å². The molecule has 0 radical (unpaired) electrons. The third-order valence-corrected chi connectivity index (χ3v) is 3.46. The van der Waals surface area contributed by atoms with E-state index in [1.165, 1.54) is 15.6 Å². The van der Waals surface area contributed by atoms with Gasteiger partial charge in [0.1, 0.15) is 5.75 Å². The van der Waals surface area contributed by atoms with Gasteiger partial charge < -0.3 is 4.74 Å². The fourth-order valence-corrected chi connectivity index (χ4v) is 2.55. The minimum atomic E-state index is 0.126. The number of rotatable bonds is 1. The molecule has 0 aliphatic rings. The first-order valence-electron chi connectivity index (χ1n) is 5.08. The first-order valence-corrected chi connectivity index (χ1v) is 5.96. The van der Waals surface area contributed by atoms with Crippen LogP contribution in [0.5, 0.6) is 5.75 Å². The summed E-state index contributed by atoms with van der Waals surface area (Å²) in [5.74, 6) is 0.998. The predicted octanol–water partition coefficient (Wildman–Crippen LogP) is 4.21. The van der Waals surface area contributed by atoms with Gasteiger partial charge in [-0.25, -0.2) is 0 Å². The maximum atomic E-state index is 5.46. The van der Waals surface area contributed by atoms with E-state index in [4.69, 9.17) is 4.74 Å². The molecule has 0 bridgehead atoms. The Hall–Kier alpha value is -1.02. The highest BCUT2D eigenvalue weighted by Crippen LogP contribution is 2.36. The first-order chi connectivity index (χ1) is 7.02. The van der Waals surface area contributed by atoms with Gasteiger partial charge in [0.05, 0.1) is 7.11 Å². The molecule has 1 aromatic heterocycles. The van der Waals surface area contributed by atoms with Crippen molar-refractivity contribution in [3.8, 4) is 5.75 Å². The topological polar surface area (TPSA) is 9.23 Å². The van der Waals surface area contributed by atoms with E-state index in [0.717, 1.165) is 5.75 Å². The van der Waals surface area contributed by atoms with E-state index in [-0.39, 0.29) is 5.41 Å². The van der Waals surface area contributed by atoms with Gasteiger partial charge in [0.25, 0.3) is 0 Å². The molecule has 0 saturated heterocycles. The SMILES string of the molecule is COc1cc2sccc2cc1C(C)(C)C. The molecule has 2 heteroatoms. The fourth-order valence-electron chi connectivity index (χ4n) is 1.75. The lowest BCUT2D eigenvalue weighted by Gasteiger charge is -2.22. The van der Waals surface area contributed by atoms with Crippen molar-refractivity contribution >= 4 is 21.4 Å². The summed E-state index contributed by atoms with van der Waals surface area (Å²) in [6, 6.07) is 6.54. The summed E-state index contributed by atoms with van der Waals surface area (Å²) in [5, 5.41) is 3.43. The van der Waals surface area contributed by atoms with E-state index >= 15 is 0 Å². The van der Waals surface area contributed by atoms with Gasteiger partial charge in [0.15, 0.2) is 0 Å². The monoisotopic (exact) mass is 220 g/mol. The van der Waals surface area contributed by atoms with E-state index in [2.05, 4.69) is 44.4 Å². The summed E-state index contributed by atoms with van der Waals surface area (Å²) >= 11 is 1.76. The summed E-state index contributed by atoms with van der Waals surface area (Å²) in [5.41, 5.74) is 1.40. The van der Waals surface area contributed by atoms with Gasteiger partial charge in [-0.05, 0) is 34.4 Å². The summed E-state index contributed by atoms with van der Waals surface area (Å²) in [4.78, 5) is 0. The Balaban J connectivity index is 2.70. The van der Waals surface area contributed by atoms with Crippen molar-refractivity contribution in [2.75, 3.05) is 7.11 Å². The van der Waals surface area contributed by atoms with E-state index in [9.17, 15) is 0 Å². The van der Waals surface area contributed by atoms with Gasteiger partial charge in [-0.2, -0.15) is 0 Å². The molecule has 80 valence electrons. The maximum absolute atomic E-state index is 5.46. The van der Waals surface area contributed by atoms with Crippen molar-refractivity contribution in [1.82, 2.24) is 0 Å². The van der Waals surface area contributed by atoms with Crippen molar-refractivity contribution < 1.29 is 4.74 Å². The molecule has 0 spiro atoms. The third kappa shape index (κ3) is 1.86. The zero-order valence-electron chi connectivity index (χ0n) is 9.63. The van der Waals surface area contributed by atoms with Crippen LogP contribution in [-0.4, -0.2) is 7.11 Å². The van der Waals surface area contributed by atoms with Crippen LogP contribution in [0, 0.1) is 0 Å². The molecule has 1 nitrogen and oxygen atoms in total. The number of methoxy groups -OCH3 is 1. The number of hydrogen-bond donors (Lipinski definition) is 0. The number of hydrogen-bond acceptors (Lipinski definition) is 2. The number of ether oxygens (including phenoxy) is 1. The second-order valence-electron chi connectivity index (χ2n) is 4.76. The number of benzene rings is 1. The van der Waals surface area contributed by atoms with E-state index < -0.39 is 0 Å². The molecule has 2 aromatic rings. The smallest absolute Gasteiger partial charge is 0.124 e. The van der Waals surface area contributed by atoms with Crippen LogP contribution in [0.2, 0.25) is 0 Å². The molecule has 0 unspecified atom stereocenters. The summed E-state index contributed by atoms with van der Waals surface area (Å²) < 4.78 is 6.75. The van der Waals surface area contributed by atoms with Crippen molar-refractivity contribution in [3.05, 3.63) is 29.1 Å². The van der Waals surface area contributed by atoms with Crippen molar-refractivity contribution in [2.45, 2.75) is 26.2 Å². The Morgan fingerprint density at radius 1 is 1.20 bits per heavy atom. The molecule has 0 aliphatic heterocycles. The second kappa shape index (κ2) is 3.53. The molecule has 15 heavy (non-hydrogen) atoms. The van der Waals surface area contributed by atoms with Gasteiger partial charge in [-0.1, -0.05) is 20.8 Å². The van der Waals surface area contributed by atoms with Crippen LogP contribution in [0.25, 0.3) is 10.1 Å². The zero-order valence-corrected chi connectivity index (χ0v) is 10.4. The van der Waals surface area contributed by atoms with Crippen LogP contribution in [0.15, 0.2) is 23.6 Å². The third-order valence-electron chi connectivity index (χ3n) is 2.58. The van der Waals surface area contributed by atoms with Gasteiger partial charge >= 0.3 is 0 Å². The van der Waals surface area contributed by atoms with Crippen LogP contribution in [0.1, 0.15) is 26.3 Å². The molecule has 1 aromatic carbocycles. The number of fused-ring (bicyclic) bond motifs is 1. The van der Waals surface area contributed by atoms with Crippen LogP contribution in [0.4, 0.5) is 0 Å². The average molecular weight is 220 g/mol. The molecule has 0 fully saturated rings. The lowest BCUT2D eigenvalue weighted by molar-refractivity contribution is 0.398. The van der Waals surface area contributed by atoms with Crippen LogP contribution in [0.3, 0.4) is 0 Å². The first kappa shape index (κ1) is 10.5. The molecular weight excluding hydrogens is 204 g/mol. The number of thiophene rings is 1. The Morgan fingerprint density at radius 2 is 1.93 bits per heavy atom. The largest absolute Gasteiger partial charge is 0.496 e. The minimum absolute atomic E-state index is 0.126. The molecular formula is C13H16OS. The van der Waals surface area contributed by atoms with Gasteiger partial charge in [-0.3, -0.25) is 0 Å². The highest BCUT2D eigenvalue weighted by Gasteiger charge is 2.19. The lowest BCUT2D eigenvalue weighted by atomic mass is 9.86. The second-order valence-corrected chi connectivity index (χ2v) is 5.71. The molecule has 1 heterocycles. The zero-order chi connectivity index (χ0) is 11.1. The summed E-state index contributed by atoms with van der Waals surface area (Å²) in [7, 11) is 1.74. The van der Waals surface area contributed by atoms with Crippen LogP contribution in [-0.2, 0) is 5.41 Å². The normalized spacial score (nSPS) is 12.0. The quantitative estimate of drug-likeness (QED) is 0.699. The predicted molar refractivity (Wildman–Crippen MR) is 67.1 cm³/mol. The summed E-state index contributed by atoms with van der Waals surface area (Å²) in [6.07, 6.45) is 0. The Kier molecular flexibility index (Phi) is 2.47. The molecule has 0 saturated carbocycles. The maximum Gasteiger partial charge on any atom is 0.124 e. The molecule has 2 rings (SSSR count). The molecule has 0 N–H and O–H groups in total. The van der Waals surface area contributed by atoms with Crippen molar-refractivity contribution in [3.63, 3.8) is 0 Å². The Bertz CT molecular complexity index is 477. The molecule has 0 aliphatic carbocycles. The van der Waals surface area contributed by atoms with Crippen LogP contribution < -0.4 is 4.74 Å². The molecule has 0 atom stereocenters.